The number of carbonyl (C=O) groups excluding carboxylic acids is 1. The third-order valence-electron chi connectivity index (χ3n) is 5.84. The molecule has 0 fully saturated rings. The van der Waals surface area contributed by atoms with Crippen molar-refractivity contribution in [3.05, 3.63) is 93.0 Å². The summed E-state index contributed by atoms with van der Waals surface area (Å²) in [5.74, 6) is -0.115. The lowest BCUT2D eigenvalue weighted by Gasteiger charge is -2.17. The number of hydrogen-bond acceptors (Lipinski definition) is 4. The summed E-state index contributed by atoms with van der Waals surface area (Å²) in [6.45, 7) is 12.1. The SMILES string of the molecule is C=CCn1c(=O)c(=O)n(Cc2ccc(C(=O)NCCCN(CC)CC)cc2)c2ccccc21. The van der Waals surface area contributed by atoms with Gasteiger partial charge in [-0.25, -0.2) is 0 Å². The molecule has 3 aromatic rings. The Kier molecular flexibility index (Phi) is 8.38. The molecule has 1 N–H and O–H groups in total. The van der Waals surface area contributed by atoms with Crippen molar-refractivity contribution in [3.8, 4) is 0 Å². The Bertz CT molecular complexity index is 1220. The highest BCUT2D eigenvalue weighted by molar-refractivity contribution is 5.94. The predicted molar refractivity (Wildman–Crippen MR) is 133 cm³/mol. The molecule has 1 amide bonds. The zero-order chi connectivity index (χ0) is 23.8. The van der Waals surface area contributed by atoms with E-state index in [1.54, 1.807) is 18.2 Å². The van der Waals surface area contributed by atoms with Crippen molar-refractivity contribution in [1.82, 2.24) is 19.4 Å². The lowest BCUT2D eigenvalue weighted by molar-refractivity contribution is 0.0952. The molecule has 2 aromatic carbocycles. The van der Waals surface area contributed by atoms with Crippen LogP contribution in [0.5, 0.6) is 0 Å². The predicted octanol–water partition coefficient (Wildman–Crippen LogP) is 2.86. The van der Waals surface area contributed by atoms with Crippen LogP contribution in [0.4, 0.5) is 0 Å². The largest absolute Gasteiger partial charge is 0.352 e. The summed E-state index contributed by atoms with van der Waals surface area (Å²) in [7, 11) is 0. The minimum atomic E-state index is -0.578. The molecule has 174 valence electrons. The zero-order valence-corrected chi connectivity index (χ0v) is 19.4. The first kappa shape index (κ1) is 24.2. The van der Waals surface area contributed by atoms with Crippen molar-refractivity contribution < 1.29 is 4.79 Å². The Labute approximate surface area is 194 Å². The van der Waals surface area contributed by atoms with E-state index >= 15 is 0 Å². The van der Waals surface area contributed by atoms with Crippen LogP contribution in [0.2, 0.25) is 0 Å². The highest BCUT2D eigenvalue weighted by atomic mass is 16.2. The monoisotopic (exact) mass is 448 g/mol. The molecule has 0 aliphatic heterocycles. The van der Waals surface area contributed by atoms with Gasteiger partial charge in [-0.1, -0.05) is 44.2 Å². The summed E-state index contributed by atoms with van der Waals surface area (Å²) in [6.07, 6.45) is 2.50. The molecule has 0 saturated carbocycles. The van der Waals surface area contributed by atoms with E-state index in [1.165, 1.54) is 9.13 Å². The van der Waals surface area contributed by atoms with Gasteiger partial charge in [0.15, 0.2) is 0 Å². The van der Waals surface area contributed by atoms with Gasteiger partial charge < -0.3 is 10.2 Å². The third kappa shape index (κ3) is 5.68. The minimum absolute atomic E-state index is 0.115. The van der Waals surface area contributed by atoms with E-state index < -0.39 is 11.1 Å². The molecule has 7 heteroatoms. The molecule has 1 heterocycles. The first-order chi connectivity index (χ1) is 16.0. The van der Waals surface area contributed by atoms with Crippen molar-refractivity contribution in [1.29, 1.82) is 0 Å². The Balaban J connectivity index is 1.74. The van der Waals surface area contributed by atoms with E-state index in [4.69, 9.17) is 0 Å². The standard InChI is InChI=1S/C26H32N4O3/c1-4-17-29-22-10-7-8-11-23(22)30(26(33)25(29)32)19-20-12-14-21(15-13-20)24(31)27-16-9-18-28(5-2)6-3/h4,7-8,10-15H,1,5-6,9,16-19H2,2-3H3,(H,27,31). The van der Waals surface area contributed by atoms with Crippen LogP contribution in [0.15, 0.2) is 70.8 Å². The van der Waals surface area contributed by atoms with Gasteiger partial charge in [-0.15, -0.1) is 6.58 Å². The second kappa shape index (κ2) is 11.4. The summed E-state index contributed by atoms with van der Waals surface area (Å²) in [5.41, 5.74) is 1.61. The lowest BCUT2D eigenvalue weighted by Crippen LogP contribution is -2.41. The fourth-order valence-corrected chi connectivity index (χ4v) is 3.93. The minimum Gasteiger partial charge on any atom is -0.352 e. The first-order valence-corrected chi connectivity index (χ1v) is 11.4. The Morgan fingerprint density at radius 3 is 2.18 bits per heavy atom. The second-order valence-corrected chi connectivity index (χ2v) is 7.92. The van der Waals surface area contributed by atoms with Crippen LogP contribution in [-0.4, -0.2) is 46.1 Å². The average molecular weight is 449 g/mol. The molecule has 1 aromatic heterocycles. The molecule has 0 spiro atoms. The first-order valence-electron chi connectivity index (χ1n) is 11.4. The lowest BCUT2D eigenvalue weighted by atomic mass is 10.1. The van der Waals surface area contributed by atoms with Gasteiger partial charge in [0.25, 0.3) is 5.91 Å². The summed E-state index contributed by atoms with van der Waals surface area (Å²) in [5, 5.41) is 2.96. The van der Waals surface area contributed by atoms with Gasteiger partial charge in [-0.2, -0.15) is 0 Å². The number of benzene rings is 2. The summed E-state index contributed by atoms with van der Waals surface area (Å²) < 4.78 is 2.92. The van der Waals surface area contributed by atoms with Gasteiger partial charge in [-0.3, -0.25) is 23.5 Å². The van der Waals surface area contributed by atoms with Gasteiger partial charge in [-0.05, 0) is 55.9 Å². The van der Waals surface area contributed by atoms with Gasteiger partial charge in [0.1, 0.15) is 0 Å². The van der Waals surface area contributed by atoms with Crippen molar-refractivity contribution in [2.75, 3.05) is 26.2 Å². The Morgan fingerprint density at radius 1 is 0.970 bits per heavy atom. The molecule has 3 rings (SSSR count). The maximum Gasteiger partial charge on any atom is 0.317 e. The Morgan fingerprint density at radius 2 is 1.58 bits per heavy atom. The van der Waals surface area contributed by atoms with E-state index in [-0.39, 0.29) is 19.0 Å². The average Bonchev–Trinajstić information content (AvgIpc) is 2.85. The van der Waals surface area contributed by atoms with Crippen LogP contribution < -0.4 is 16.4 Å². The molecule has 33 heavy (non-hydrogen) atoms. The molecule has 0 atom stereocenters. The topological polar surface area (TPSA) is 76.3 Å². The van der Waals surface area contributed by atoms with Crippen molar-refractivity contribution in [3.63, 3.8) is 0 Å². The van der Waals surface area contributed by atoms with E-state index in [0.717, 1.165) is 31.6 Å². The molecule has 0 saturated heterocycles. The fraction of sp³-hybridized carbons (Fsp3) is 0.346. The van der Waals surface area contributed by atoms with Crippen LogP contribution >= 0.6 is 0 Å². The number of fused-ring (bicyclic) bond motifs is 1. The van der Waals surface area contributed by atoms with E-state index in [1.807, 2.05) is 36.4 Å². The number of amides is 1. The summed E-state index contributed by atoms with van der Waals surface area (Å²) >= 11 is 0. The summed E-state index contributed by atoms with van der Waals surface area (Å²) in [4.78, 5) is 40.2. The highest BCUT2D eigenvalue weighted by Gasteiger charge is 2.13. The van der Waals surface area contributed by atoms with Crippen molar-refractivity contribution >= 4 is 16.9 Å². The third-order valence-corrected chi connectivity index (χ3v) is 5.84. The maximum absolute atomic E-state index is 12.8. The second-order valence-electron chi connectivity index (χ2n) is 7.92. The highest BCUT2D eigenvalue weighted by Crippen LogP contribution is 2.13. The molecule has 0 aliphatic carbocycles. The number of para-hydroxylation sites is 2. The van der Waals surface area contributed by atoms with Crippen LogP contribution in [0, 0.1) is 0 Å². The van der Waals surface area contributed by atoms with E-state index in [9.17, 15) is 14.4 Å². The summed E-state index contributed by atoms with van der Waals surface area (Å²) in [6, 6.07) is 14.5. The van der Waals surface area contributed by atoms with Gasteiger partial charge >= 0.3 is 11.1 Å². The van der Waals surface area contributed by atoms with Gasteiger partial charge in [0.2, 0.25) is 0 Å². The molecule has 7 nitrogen and oxygen atoms in total. The molecule has 0 radical (unpaired) electrons. The number of rotatable bonds is 11. The molecule has 0 unspecified atom stereocenters. The van der Waals surface area contributed by atoms with Crippen molar-refractivity contribution in [2.24, 2.45) is 0 Å². The van der Waals surface area contributed by atoms with E-state index in [0.29, 0.717) is 23.1 Å². The van der Waals surface area contributed by atoms with Crippen molar-refractivity contribution in [2.45, 2.75) is 33.4 Å². The maximum atomic E-state index is 12.8. The number of allylic oxidation sites excluding steroid dienone is 1. The van der Waals surface area contributed by atoms with Crippen LogP contribution in [0.3, 0.4) is 0 Å². The molecular formula is C26H32N4O3. The number of carbonyl (C=O) groups is 1. The van der Waals surface area contributed by atoms with Crippen LogP contribution in [0.1, 0.15) is 36.2 Å². The molecule has 0 aliphatic rings. The van der Waals surface area contributed by atoms with E-state index in [2.05, 4.69) is 30.6 Å². The molecular weight excluding hydrogens is 416 g/mol. The number of aromatic nitrogens is 2. The van der Waals surface area contributed by atoms with Crippen LogP contribution in [-0.2, 0) is 13.1 Å². The smallest absolute Gasteiger partial charge is 0.317 e. The number of nitrogens with one attached hydrogen (secondary N) is 1. The number of hydrogen-bond donors (Lipinski definition) is 1. The number of nitrogens with zero attached hydrogens (tertiary/aromatic N) is 3. The fourth-order valence-electron chi connectivity index (χ4n) is 3.93. The van der Waals surface area contributed by atoms with Gasteiger partial charge in [0, 0.05) is 18.7 Å². The Hall–Kier alpha value is -3.45. The zero-order valence-electron chi connectivity index (χ0n) is 19.4. The quantitative estimate of drug-likeness (QED) is 0.278. The van der Waals surface area contributed by atoms with Crippen LogP contribution in [0.25, 0.3) is 11.0 Å². The van der Waals surface area contributed by atoms with Gasteiger partial charge in [0.05, 0.1) is 17.6 Å². The normalized spacial score (nSPS) is 11.1. The molecule has 0 bridgehead atoms.